The molecule has 2 heterocycles. The summed E-state index contributed by atoms with van der Waals surface area (Å²) in [5.74, 6) is 0.570. The van der Waals surface area contributed by atoms with Crippen LogP contribution < -0.4 is 4.90 Å². The highest BCUT2D eigenvalue weighted by Crippen LogP contribution is 2.20. The fourth-order valence-corrected chi connectivity index (χ4v) is 2.12. The van der Waals surface area contributed by atoms with Crippen molar-refractivity contribution in [3.63, 3.8) is 0 Å². The van der Waals surface area contributed by atoms with Crippen LogP contribution >= 0.6 is 0 Å². The molecule has 0 atom stereocenters. The number of carbonyl (C=O) groups excluding carboxylic acids is 1. The van der Waals surface area contributed by atoms with Gasteiger partial charge in [-0.1, -0.05) is 0 Å². The summed E-state index contributed by atoms with van der Waals surface area (Å²) in [7, 11) is 0. The highest BCUT2D eigenvalue weighted by Gasteiger charge is 2.20. The first-order chi connectivity index (χ1) is 9.54. The van der Waals surface area contributed by atoms with Gasteiger partial charge in [-0.25, -0.2) is 9.97 Å². The Morgan fingerprint density at radius 1 is 1.20 bits per heavy atom. The molecule has 0 N–H and O–H groups in total. The van der Waals surface area contributed by atoms with Gasteiger partial charge in [0.1, 0.15) is 5.82 Å². The maximum absolute atomic E-state index is 12.7. The van der Waals surface area contributed by atoms with Gasteiger partial charge in [0.05, 0.1) is 22.6 Å². The Kier molecular flexibility index (Phi) is 4.08. The molecule has 0 aliphatic rings. The van der Waals surface area contributed by atoms with Crippen LogP contribution in [0, 0.1) is 20.8 Å². The molecule has 0 aliphatic heterocycles. The molecule has 5 heteroatoms. The van der Waals surface area contributed by atoms with E-state index in [0.717, 1.165) is 11.4 Å². The fraction of sp³-hybridized carbons (Fsp3) is 0.333. The Morgan fingerprint density at radius 3 is 2.55 bits per heavy atom. The summed E-state index contributed by atoms with van der Waals surface area (Å²) in [6.45, 7) is 8.03. The van der Waals surface area contributed by atoms with Crippen molar-refractivity contribution in [2.75, 3.05) is 11.4 Å². The van der Waals surface area contributed by atoms with Gasteiger partial charge in [0, 0.05) is 18.9 Å². The summed E-state index contributed by atoms with van der Waals surface area (Å²) in [5, 5.41) is 0. The largest absolute Gasteiger partial charge is 0.307 e. The zero-order valence-corrected chi connectivity index (χ0v) is 12.2. The van der Waals surface area contributed by atoms with Crippen LogP contribution in [0.15, 0.2) is 24.5 Å². The first-order valence-corrected chi connectivity index (χ1v) is 6.58. The lowest BCUT2D eigenvalue weighted by Gasteiger charge is -2.22. The average Bonchev–Trinajstić information content (AvgIpc) is 2.41. The van der Waals surface area contributed by atoms with Crippen molar-refractivity contribution in [2.24, 2.45) is 0 Å². The smallest absolute Gasteiger partial charge is 0.261 e. The molecule has 0 aromatic carbocycles. The van der Waals surface area contributed by atoms with Crippen LogP contribution in [0.5, 0.6) is 0 Å². The predicted molar refractivity (Wildman–Crippen MR) is 77.8 cm³/mol. The number of aryl methyl sites for hydroxylation is 3. The molecule has 2 aromatic rings. The van der Waals surface area contributed by atoms with Crippen LogP contribution in [0.3, 0.4) is 0 Å². The van der Waals surface area contributed by atoms with Gasteiger partial charge >= 0.3 is 0 Å². The minimum atomic E-state index is -0.0962. The second-order valence-corrected chi connectivity index (χ2v) is 4.57. The molecule has 0 aliphatic carbocycles. The second-order valence-electron chi connectivity index (χ2n) is 4.57. The zero-order valence-electron chi connectivity index (χ0n) is 12.2. The average molecular weight is 270 g/mol. The third-order valence-electron chi connectivity index (χ3n) is 3.16. The van der Waals surface area contributed by atoms with E-state index in [1.165, 1.54) is 0 Å². The molecule has 0 spiro atoms. The van der Waals surface area contributed by atoms with E-state index in [4.69, 9.17) is 0 Å². The lowest BCUT2D eigenvalue weighted by atomic mass is 10.2. The number of pyridine rings is 1. The number of aromatic nitrogens is 3. The summed E-state index contributed by atoms with van der Waals surface area (Å²) < 4.78 is 0. The molecular formula is C15H18N4O. The molecule has 0 saturated heterocycles. The summed E-state index contributed by atoms with van der Waals surface area (Å²) in [5.41, 5.74) is 2.87. The quantitative estimate of drug-likeness (QED) is 0.859. The van der Waals surface area contributed by atoms with E-state index in [-0.39, 0.29) is 5.91 Å². The monoisotopic (exact) mass is 270 g/mol. The molecule has 2 rings (SSSR count). The van der Waals surface area contributed by atoms with Gasteiger partial charge in [-0.3, -0.25) is 9.78 Å². The third-order valence-corrected chi connectivity index (χ3v) is 3.16. The molecule has 104 valence electrons. The number of anilines is 1. The molecule has 0 unspecified atom stereocenters. The molecule has 0 radical (unpaired) electrons. The molecule has 2 aromatic heterocycles. The van der Waals surface area contributed by atoms with Crippen LogP contribution in [-0.4, -0.2) is 27.4 Å². The summed E-state index contributed by atoms with van der Waals surface area (Å²) in [6.07, 6.45) is 3.31. The van der Waals surface area contributed by atoms with Crippen molar-refractivity contribution >= 4 is 11.6 Å². The summed E-state index contributed by atoms with van der Waals surface area (Å²) >= 11 is 0. The van der Waals surface area contributed by atoms with Crippen LogP contribution in [-0.2, 0) is 0 Å². The Labute approximate surface area is 118 Å². The number of hydrogen-bond acceptors (Lipinski definition) is 4. The van der Waals surface area contributed by atoms with Gasteiger partial charge in [0.25, 0.3) is 5.91 Å². The molecule has 1 amide bonds. The number of nitrogens with zero attached hydrogens (tertiary/aromatic N) is 4. The van der Waals surface area contributed by atoms with Gasteiger partial charge in [-0.2, -0.15) is 0 Å². The first kappa shape index (κ1) is 14.1. The van der Waals surface area contributed by atoms with Crippen molar-refractivity contribution in [3.05, 3.63) is 47.3 Å². The Morgan fingerprint density at radius 2 is 1.95 bits per heavy atom. The maximum atomic E-state index is 12.7. The van der Waals surface area contributed by atoms with Crippen molar-refractivity contribution in [2.45, 2.75) is 27.7 Å². The minimum absolute atomic E-state index is 0.0962. The van der Waals surface area contributed by atoms with Crippen molar-refractivity contribution in [1.29, 1.82) is 0 Å². The van der Waals surface area contributed by atoms with Gasteiger partial charge in [0.2, 0.25) is 0 Å². The number of rotatable bonds is 3. The standard InChI is InChI=1S/C15H18N4O/c1-5-19(14-7-6-8-16-11(14)3)15(20)13-9-17-12(4)18-10(13)2/h6-9H,5H2,1-4H3. The van der Waals surface area contributed by atoms with Gasteiger partial charge < -0.3 is 4.90 Å². The van der Waals surface area contributed by atoms with Crippen molar-refractivity contribution in [3.8, 4) is 0 Å². The highest BCUT2D eigenvalue weighted by molar-refractivity contribution is 6.06. The van der Waals surface area contributed by atoms with E-state index >= 15 is 0 Å². The number of amides is 1. The molecule has 0 saturated carbocycles. The van der Waals surface area contributed by atoms with Crippen LogP contribution in [0.25, 0.3) is 0 Å². The maximum Gasteiger partial charge on any atom is 0.261 e. The minimum Gasteiger partial charge on any atom is -0.307 e. The lowest BCUT2D eigenvalue weighted by molar-refractivity contribution is 0.0986. The van der Waals surface area contributed by atoms with E-state index in [1.54, 1.807) is 17.3 Å². The van der Waals surface area contributed by atoms with E-state index in [0.29, 0.717) is 23.6 Å². The van der Waals surface area contributed by atoms with Crippen LogP contribution in [0.2, 0.25) is 0 Å². The highest BCUT2D eigenvalue weighted by atomic mass is 16.2. The topological polar surface area (TPSA) is 59.0 Å². The van der Waals surface area contributed by atoms with Crippen LogP contribution in [0.1, 0.15) is 34.5 Å². The van der Waals surface area contributed by atoms with Crippen molar-refractivity contribution in [1.82, 2.24) is 15.0 Å². The number of hydrogen-bond donors (Lipinski definition) is 0. The SMILES string of the molecule is CCN(C(=O)c1cnc(C)nc1C)c1cccnc1C. The molecule has 5 nitrogen and oxygen atoms in total. The van der Waals surface area contributed by atoms with Gasteiger partial charge in [-0.05, 0) is 39.8 Å². The normalized spacial score (nSPS) is 10.4. The second kappa shape index (κ2) is 5.77. The molecular weight excluding hydrogens is 252 g/mol. The zero-order chi connectivity index (χ0) is 14.7. The van der Waals surface area contributed by atoms with E-state index in [2.05, 4.69) is 15.0 Å². The molecule has 0 bridgehead atoms. The Balaban J connectivity index is 2.42. The number of carbonyl (C=O) groups is 1. The third kappa shape index (κ3) is 2.66. The lowest BCUT2D eigenvalue weighted by Crippen LogP contribution is -2.32. The summed E-state index contributed by atoms with van der Waals surface area (Å²) in [4.78, 5) is 27.0. The van der Waals surface area contributed by atoms with Gasteiger partial charge in [-0.15, -0.1) is 0 Å². The Bertz CT molecular complexity index is 640. The van der Waals surface area contributed by atoms with E-state index in [1.807, 2.05) is 39.8 Å². The summed E-state index contributed by atoms with van der Waals surface area (Å²) in [6, 6.07) is 3.73. The van der Waals surface area contributed by atoms with Gasteiger partial charge in [0.15, 0.2) is 0 Å². The fourth-order valence-electron chi connectivity index (χ4n) is 2.12. The first-order valence-electron chi connectivity index (χ1n) is 6.58. The van der Waals surface area contributed by atoms with E-state index in [9.17, 15) is 4.79 Å². The molecule has 0 fully saturated rings. The van der Waals surface area contributed by atoms with Crippen LogP contribution in [0.4, 0.5) is 5.69 Å². The molecule has 20 heavy (non-hydrogen) atoms. The Hall–Kier alpha value is -2.30. The predicted octanol–water partition coefficient (Wildman–Crippen LogP) is 2.46. The van der Waals surface area contributed by atoms with Crippen molar-refractivity contribution < 1.29 is 4.79 Å². The van der Waals surface area contributed by atoms with E-state index < -0.39 is 0 Å².